The molecule has 0 aliphatic heterocycles. The van der Waals surface area contributed by atoms with E-state index in [0.717, 1.165) is 12.1 Å². The van der Waals surface area contributed by atoms with Crippen LogP contribution < -0.4 is 14.8 Å². The summed E-state index contributed by atoms with van der Waals surface area (Å²) in [6.45, 7) is 8.50. The number of halogens is 2. The van der Waals surface area contributed by atoms with Crippen LogP contribution >= 0.6 is 11.8 Å². The largest absolute Gasteiger partial charge is 0.493 e. The van der Waals surface area contributed by atoms with Gasteiger partial charge in [-0.25, -0.2) is 8.78 Å². The molecule has 0 saturated carbocycles. The van der Waals surface area contributed by atoms with Crippen LogP contribution in [0.1, 0.15) is 46.0 Å². The number of anilines is 1. The summed E-state index contributed by atoms with van der Waals surface area (Å²) in [5, 5.41) is 11.3. The van der Waals surface area contributed by atoms with E-state index in [1.165, 1.54) is 17.8 Å². The van der Waals surface area contributed by atoms with E-state index in [1.807, 2.05) is 42.7 Å². The Morgan fingerprint density at radius 3 is 2.46 bits per heavy atom. The van der Waals surface area contributed by atoms with Gasteiger partial charge in [0.1, 0.15) is 11.6 Å². The average Bonchev–Trinajstić information content (AvgIpc) is 3.21. The van der Waals surface area contributed by atoms with Crippen molar-refractivity contribution in [2.45, 2.75) is 57.2 Å². The Morgan fingerprint density at radius 2 is 1.83 bits per heavy atom. The predicted octanol–water partition coefficient (Wildman–Crippen LogP) is 5.87. The Labute approximate surface area is 208 Å². The van der Waals surface area contributed by atoms with Gasteiger partial charge in [0.25, 0.3) is 0 Å². The highest BCUT2D eigenvalue weighted by atomic mass is 32.2. The van der Waals surface area contributed by atoms with Gasteiger partial charge in [-0.3, -0.25) is 4.79 Å². The topological polar surface area (TPSA) is 78.3 Å². The highest BCUT2D eigenvalue weighted by Crippen LogP contribution is 2.33. The Hall–Kier alpha value is -3.14. The van der Waals surface area contributed by atoms with Crippen LogP contribution in [-0.4, -0.2) is 33.0 Å². The summed E-state index contributed by atoms with van der Waals surface area (Å²) < 4.78 is 40.7. The molecule has 0 spiro atoms. The second kappa shape index (κ2) is 12.0. The van der Waals surface area contributed by atoms with E-state index in [-0.39, 0.29) is 11.6 Å². The van der Waals surface area contributed by atoms with Gasteiger partial charge in [-0.2, -0.15) is 0 Å². The molecule has 0 aliphatic carbocycles. The van der Waals surface area contributed by atoms with Crippen molar-refractivity contribution in [2.24, 2.45) is 5.92 Å². The third-order valence-corrected chi connectivity index (χ3v) is 6.47. The van der Waals surface area contributed by atoms with Crippen LogP contribution in [-0.2, 0) is 11.3 Å². The van der Waals surface area contributed by atoms with Crippen LogP contribution in [0.15, 0.2) is 47.6 Å². The van der Waals surface area contributed by atoms with Gasteiger partial charge in [0.05, 0.1) is 18.0 Å². The number of ether oxygens (including phenoxy) is 2. The van der Waals surface area contributed by atoms with Gasteiger partial charge < -0.3 is 19.4 Å². The summed E-state index contributed by atoms with van der Waals surface area (Å²) in [6.07, 6.45) is 0.0327. The molecule has 1 aromatic heterocycles. The lowest BCUT2D eigenvalue weighted by molar-refractivity contribution is -0.115. The third-order valence-electron chi connectivity index (χ3n) is 5.13. The van der Waals surface area contributed by atoms with Gasteiger partial charge in [-0.1, -0.05) is 44.7 Å². The smallest absolute Gasteiger partial charge is 0.238 e. The second-order valence-corrected chi connectivity index (χ2v) is 9.55. The van der Waals surface area contributed by atoms with Crippen molar-refractivity contribution in [2.75, 3.05) is 12.4 Å². The van der Waals surface area contributed by atoms with Crippen molar-refractivity contribution < 1.29 is 23.0 Å². The molecule has 0 saturated heterocycles. The molecule has 3 rings (SSSR count). The van der Waals surface area contributed by atoms with Gasteiger partial charge in [0, 0.05) is 12.6 Å². The quantitative estimate of drug-likeness (QED) is 0.329. The minimum atomic E-state index is -0.828. The van der Waals surface area contributed by atoms with Crippen molar-refractivity contribution in [1.29, 1.82) is 0 Å². The molecule has 0 aliphatic rings. The van der Waals surface area contributed by atoms with Gasteiger partial charge in [0.15, 0.2) is 28.6 Å². The lowest BCUT2D eigenvalue weighted by Crippen LogP contribution is -2.26. The molecule has 0 fully saturated rings. The van der Waals surface area contributed by atoms with Crippen molar-refractivity contribution in [3.63, 3.8) is 0 Å². The van der Waals surface area contributed by atoms with Gasteiger partial charge in [0.2, 0.25) is 5.91 Å². The van der Waals surface area contributed by atoms with Gasteiger partial charge in [-0.05, 0) is 43.5 Å². The molecule has 3 aromatic rings. The number of para-hydroxylation sites is 2. The number of aromatic nitrogens is 3. The molecule has 1 heterocycles. The van der Waals surface area contributed by atoms with Crippen LogP contribution in [0.2, 0.25) is 0 Å². The number of nitrogens with zero attached hydrogens (tertiary/aromatic N) is 3. The number of carbonyl (C=O) groups excluding carboxylic acids is 1. The summed E-state index contributed by atoms with van der Waals surface area (Å²) in [5.41, 5.74) is -0.0707. The minimum absolute atomic E-state index is 0.0707. The molecule has 1 N–H and O–H groups in total. The Balaban J connectivity index is 1.82. The van der Waals surface area contributed by atoms with E-state index in [1.54, 1.807) is 7.11 Å². The molecule has 0 bridgehead atoms. The summed E-state index contributed by atoms with van der Waals surface area (Å²) >= 11 is 1.25. The van der Waals surface area contributed by atoms with Gasteiger partial charge >= 0.3 is 0 Å². The van der Waals surface area contributed by atoms with Gasteiger partial charge in [-0.15, -0.1) is 10.2 Å². The number of hydrogen-bond acceptors (Lipinski definition) is 6. The molecule has 2 aromatic carbocycles. The molecule has 188 valence electrons. The first-order chi connectivity index (χ1) is 16.7. The van der Waals surface area contributed by atoms with Crippen LogP contribution in [0.4, 0.5) is 14.5 Å². The number of methoxy groups -OCH3 is 1. The predicted molar refractivity (Wildman–Crippen MR) is 132 cm³/mol. The number of nitrogens with one attached hydrogen (secondary N) is 1. The first-order valence-electron chi connectivity index (χ1n) is 11.4. The standard InChI is InChI=1S/C25H30F2N4O3S/c1-6-22(24(32)28-19-12-11-17(26)13-18(19)27)35-25-30-29-23(31(25)14-15(2)3)16(4)34-21-10-8-7-9-20(21)33-5/h7-13,15-16,22H,6,14H2,1-5H3,(H,28,32). The second-order valence-electron chi connectivity index (χ2n) is 8.38. The Morgan fingerprint density at radius 1 is 1.11 bits per heavy atom. The number of rotatable bonds is 11. The number of benzene rings is 2. The number of thioether (sulfide) groups is 1. The molecule has 0 radical (unpaired) electrons. The summed E-state index contributed by atoms with van der Waals surface area (Å²) in [4.78, 5) is 12.9. The SMILES string of the molecule is CCC(Sc1nnc(C(C)Oc2ccccc2OC)n1CC(C)C)C(=O)Nc1ccc(F)cc1F. The van der Waals surface area contributed by atoms with E-state index >= 15 is 0 Å². The molecular weight excluding hydrogens is 474 g/mol. The van der Waals surface area contributed by atoms with Crippen LogP contribution in [0.5, 0.6) is 11.5 Å². The fourth-order valence-electron chi connectivity index (χ4n) is 3.44. The molecule has 7 nitrogen and oxygen atoms in total. The number of hydrogen-bond donors (Lipinski definition) is 1. The zero-order valence-electron chi connectivity index (χ0n) is 20.4. The van der Waals surface area contributed by atoms with Crippen molar-refractivity contribution in [3.05, 3.63) is 59.9 Å². The van der Waals surface area contributed by atoms with Crippen molar-refractivity contribution in [3.8, 4) is 11.5 Å². The normalized spacial score (nSPS) is 12.9. The lowest BCUT2D eigenvalue weighted by Gasteiger charge is -2.20. The Bertz CT molecular complexity index is 1160. The first-order valence-corrected chi connectivity index (χ1v) is 12.3. The maximum atomic E-state index is 14.0. The van der Waals surface area contributed by atoms with E-state index in [4.69, 9.17) is 9.47 Å². The van der Waals surface area contributed by atoms with Crippen LogP contribution in [0.25, 0.3) is 0 Å². The molecule has 1 amide bonds. The van der Waals surface area contributed by atoms with Crippen molar-refractivity contribution >= 4 is 23.4 Å². The molecule has 2 unspecified atom stereocenters. The molecule has 10 heteroatoms. The first kappa shape index (κ1) is 26.5. The van der Waals surface area contributed by atoms with Crippen LogP contribution in [0, 0.1) is 17.6 Å². The van der Waals surface area contributed by atoms with Crippen LogP contribution in [0.3, 0.4) is 0 Å². The fourth-order valence-corrected chi connectivity index (χ4v) is 4.41. The molecular formula is C25H30F2N4O3S. The third kappa shape index (κ3) is 6.72. The highest BCUT2D eigenvalue weighted by Gasteiger charge is 2.26. The average molecular weight is 505 g/mol. The molecule has 2 atom stereocenters. The fraction of sp³-hybridized carbons (Fsp3) is 0.400. The zero-order chi connectivity index (χ0) is 25.5. The van der Waals surface area contributed by atoms with E-state index in [0.29, 0.717) is 35.4 Å². The highest BCUT2D eigenvalue weighted by molar-refractivity contribution is 8.00. The summed E-state index contributed by atoms with van der Waals surface area (Å²) in [7, 11) is 1.58. The summed E-state index contributed by atoms with van der Waals surface area (Å²) in [5.74, 6) is 0.160. The maximum Gasteiger partial charge on any atom is 0.238 e. The Kier molecular flexibility index (Phi) is 9.08. The number of carbonyl (C=O) groups is 1. The minimum Gasteiger partial charge on any atom is -0.493 e. The maximum absolute atomic E-state index is 14.0. The molecule has 35 heavy (non-hydrogen) atoms. The number of amides is 1. The zero-order valence-corrected chi connectivity index (χ0v) is 21.2. The van der Waals surface area contributed by atoms with Crippen molar-refractivity contribution in [1.82, 2.24) is 14.8 Å². The monoisotopic (exact) mass is 504 g/mol. The summed E-state index contributed by atoms with van der Waals surface area (Å²) in [6, 6.07) is 10.4. The lowest BCUT2D eigenvalue weighted by atomic mass is 10.2. The van der Waals surface area contributed by atoms with E-state index in [2.05, 4.69) is 29.4 Å². The van der Waals surface area contributed by atoms with E-state index in [9.17, 15) is 13.6 Å². The van der Waals surface area contributed by atoms with E-state index < -0.39 is 28.9 Å².